The van der Waals surface area contributed by atoms with Crippen LogP contribution in [-0.2, 0) is 26.0 Å². The number of benzene rings is 1. The zero-order chi connectivity index (χ0) is 19.9. The molecule has 3 heterocycles. The second kappa shape index (κ2) is 7.27. The van der Waals surface area contributed by atoms with Gasteiger partial charge in [-0.2, -0.15) is 0 Å². The lowest BCUT2D eigenvalue weighted by molar-refractivity contribution is -0.137. The average Bonchev–Trinajstić information content (AvgIpc) is 3.35. The Hall–Kier alpha value is -2.29. The molecular formula is C19H24N2O6S. The Kier molecular flexibility index (Phi) is 4.95. The van der Waals surface area contributed by atoms with E-state index >= 15 is 0 Å². The molecule has 2 amide bonds. The van der Waals surface area contributed by atoms with Gasteiger partial charge in [0.15, 0.2) is 21.3 Å². The number of rotatable bonds is 5. The van der Waals surface area contributed by atoms with E-state index in [1.165, 1.54) is 0 Å². The summed E-state index contributed by atoms with van der Waals surface area (Å²) in [5, 5.41) is 0. The minimum Gasteiger partial charge on any atom is -0.454 e. The molecule has 3 aliphatic heterocycles. The summed E-state index contributed by atoms with van der Waals surface area (Å²) in [6.45, 7) is 3.25. The van der Waals surface area contributed by atoms with Crippen LogP contribution in [0, 0.1) is 5.92 Å². The topological polar surface area (TPSA) is 93.2 Å². The van der Waals surface area contributed by atoms with Crippen LogP contribution in [0.1, 0.15) is 25.3 Å². The third-order valence-corrected chi connectivity index (χ3v) is 7.40. The zero-order valence-electron chi connectivity index (χ0n) is 15.8. The molecule has 2 atom stereocenters. The largest absolute Gasteiger partial charge is 0.454 e. The van der Waals surface area contributed by atoms with Crippen LogP contribution in [-0.4, -0.2) is 67.5 Å². The number of sulfone groups is 1. The predicted octanol–water partition coefficient (Wildman–Crippen LogP) is 0.799. The number of amides is 2. The molecule has 0 bridgehead atoms. The van der Waals surface area contributed by atoms with Gasteiger partial charge < -0.3 is 19.3 Å². The first-order valence-corrected chi connectivity index (χ1v) is 11.4. The molecule has 8 nitrogen and oxygen atoms in total. The second-order valence-corrected chi connectivity index (χ2v) is 9.77. The van der Waals surface area contributed by atoms with Crippen LogP contribution in [0.15, 0.2) is 18.2 Å². The van der Waals surface area contributed by atoms with E-state index in [2.05, 4.69) is 0 Å². The Morgan fingerprint density at radius 3 is 2.79 bits per heavy atom. The van der Waals surface area contributed by atoms with Gasteiger partial charge in [-0.1, -0.05) is 6.07 Å². The van der Waals surface area contributed by atoms with Crippen LogP contribution < -0.4 is 9.47 Å². The predicted molar refractivity (Wildman–Crippen MR) is 101 cm³/mol. The third kappa shape index (κ3) is 3.67. The van der Waals surface area contributed by atoms with Crippen LogP contribution >= 0.6 is 0 Å². The highest BCUT2D eigenvalue weighted by molar-refractivity contribution is 7.91. The maximum Gasteiger partial charge on any atom is 0.231 e. The SMILES string of the molecule is CCN(C(=O)C1CC(=O)N(Cc2ccc3c(c2)OCO3)C1)C1CCS(=O)(=O)C1. The van der Waals surface area contributed by atoms with Crippen molar-refractivity contribution in [3.8, 4) is 11.5 Å². The Labute approximate surface area is 164 Å². The minimum atomic E-state index is -3.07. The lowest BCUT2D eigenvalue weighted by atomic mass is 10.1. The van der Waals surface area contributed by atoms with Crippen molar-refractivity contribution in [2.75, 3.05) is 31.4 Å². The molecule has 0 radical (unpaired) electrons. The maximum absolute atomic E-state index is 13.0. The Morgan fingerprint density at radius 2 is 2.07 bits per heavy atom. The normalized spacial score (nSPS) is 25.3. The van der Waals surface area contributed by atoms with E-state index in [-0.39, 0.29) is 42.6 Å². The van der Waals surface area contributed by atoms with Crippen LogP contribution in [0.2, 0.25) is 0 Å². The Morgan fingerprint density at radius 1 is 1.29 bits per heavy atom. The lowest BCUT2D eigenvalue weighted by Crippen LogP contribution is -2.44. The summed E-state index contributed by atoms with van der Waals surface area (Å²) in [5.41, 5.74) is 0.917. The quantitative estimate of drug-likeness (QED) is 0.716. The van der Waals surface area contributed by atoms with E-state index in [4.69, 9.17) is 9.47 Å². The molecule has 3 aliphatic rings. The fraction of sp³-hybridized carbons (Fsp3) is 0.579. The number of hydrogen-bond acceptors (Lipinski definition) is 6. The van der Waals surface area contributed by atoms with Gasteiger partial charge in [-0.05, 0) is 31.0 Å². The molecule has 0 N–H and O–H groups in total. The number of ether oxygens (including phenoxy) is 2. The molecule has 1 aromatic carbocycles. The molecule has 9 heteroatoms. The maximum atomic E-state index is 13.0. The molecule has 0 saturated carbocycles. The fourth-order valence-electron chi connectivity index (χ4n) is 4.20. The van der Waals surface area contributed by atoms with Gasteiger partial charge in [0.1, 0.15) is 0 Å². The molecule has 1 aromatic rings. The van der Waals surface area contributed by atoms with Gasteiger partial charge in [-0.3, -0.25) is 9.59 Å². The van der Waals surface area contributed by atoms with Crippen LogP contribution in [0.4, 0.5) is 0 Å². The molecule has 2 fully saturated rings. The summed E-state index contributed by atoms with van der Waals surface area (Å²) < 4.78 is 34.2. The summed E-state index contributed by atoms with van der Waals surface area (Å²) in [5.74, 6) is 0.892. The monoisotopic (exact) mass is 408 g/mol. The number of fused-ring (bicyclic) bond motifs is 1. The van der Waals surface area contributed by atoms with Gasteiger partial charge in [0, 0.05) is 32.1 Å². The van der Waals surface area contributed by atoms with Crippen molar-refractivity contribution in [3.05, 3.63) is 23.8 Å². The molecular weight excluding hydrogens is 384 g/mol. The molecule has 0 aliphatic carbocycles. The zero-order valence-corrected chi connectivity index (χ0v) is 16.6. The Balaban J connectivity index is 1.41. The summed E-state index contributed by atoms with van der Waals surface area (Å²) in [4.78, 5) is 28.8. The number of carbonyl (C=O) groups excluding carboxylic acids is 2. The summed E-state index contributed by atoms with van der Waals surface area (Å²) in [6.07, 6.45) is 0.642. The van der Waals surface area contributed by atoms with Gasteiger partial charge in [0.25, 0.3) is 0 Å². The third-order valence-electron chi connectivity index (χ3n) is 5.65. The van der Waals surface area contributed by atoms with E-state index in [1.54, 1.807) is 9.80 Å². The lowest BCUT2D eigenvalue weighted by Gasteiger charge is -2.29. The first kappa shape index (κ1) is 19.0. The number of likely N-dealkylation sites (tertiary alicyclic amines) is 1. The molecule has 0 aromatic heterocycles. The number of carbonyl (C=O) groups is 2. The van der Waals surface area contributed by atoms with Crippen molar-refractivity contribution in [3.63, 3.8) is 0 Å². The van der Waals surface area contributed by atoms with Crippen molar-refractivity contribution >= 4 is 21.7 Å². The summed E-state index contributed by atoms with van der Waals surface area (Å²) >= 11 is 0. The van der Waals surface area contributed by atoms with E-state index in [1.807, 2.05) is 25.1 Å². The van der Waals surface area contributed by atoms with Crippen LogP contribution in [0.3, 0.4) is 0 Å². The van der Waals surface area contributed by atoms with Crippen molar-refractivity contribution in [2.24, 2.45) is 5.92 Å². The van der Waals surface area contributed by atoms with E-state index in [9.17, 15) is 18.0 Å². The molecule has 2 unspecified atom stereocenters. The molecule has 2 saturated heterocycles. The molecule has 152 valence electrons. The Bertz CT molecular complexity index is 900. The van der Waals surface area contributed by atoms with Crippen LogP contribution in [0.5, 0.6) is 11.5 Å². The number of hydrogen-bond donors (Lipinski definition) is 0. The van der Waals surface area contributed by atoms with Crippen molar-refractivity contribution in [1.29, 1.82) is 0 Å². The highest BCUT2D eigenvalue weighted by atomic mass is 32.2. The smallest absolute Gasteiger partial charge is 0.231 e. The highest BCUT2D eigenvalue weighted by Crippen LogP contribution is 2.33. The van der Waals surface area contributed by atoms with Crippen molar-refractivity contribution < 1.29 is 27.5 Å². The minimum absolute atomic E-state index is 0.0220. The van der Waals surface area contributed by atoms with Gasteiger partial charge in [0.05, 0.1) is 17.4 Å². The van der Waals surface area contributed by atoms with E-state index in [0.29, 0.717) is 37.6 Å². The molecule has 4 rings (SSSR count). The average molecular weight is 408 g/mol. The van der Waals surface area contributed by atoms with Gasteiger partial charge in [-0.15, -0.1) is 0 Å². The number of nitrogens with zero attached hydrogens (tertiary/aromatic N) is 2. The first-order chi connectivity index (χ1) is 13.4. The van der Waals surface area contributed by atoms with E-state index < -0.39 is 15.8 Å². The second-order valence-electron chi connectivity index (χ2n) is 7.54. The van der Waals surface area contributed by atoms with E-state index in [0.717, 1.165) is 5.56 Å². The fourth-order valence-corrected chi connectivity index (χ4v) is 5.93. The van der Waals surface area contributed by atoms with Gasteiger partial charge in [0.2, 0.25) is 18.6 Å². The molecule has 28 heavy (non-hydrogen) atoms. The first-order valence-electron chi connectivity index (χ1n) is 9.53. The van der Waals surface area contributed by atoms with Gasteiger partial charge in [-0.25, -0.2) is 8.42 Å². The van der Waals surface area contributed by atoms with Gasteiger partial charge >= 0.3 is 0 Å². The highest BCUT2D eigenvalue weighted by Gasteiger charge is 2.40. The summed E-state index contributed by atoms with van der Waals surface area (Å²) in [7, 11) is -3.07. The van der Waals surface area contributed by atoms with Crippen molar-refractivity contribution in [2.45, 2.75) is 32.4 Å². The van der Waals surface area contributed by atoms with Crippen LogP contribution in [0.25, 0.3) is 0 Å². The standard InChI is InChI=1S/C19H24N2O6S/c1-2-21(15-5-6-28(24,25)11-15)19(23)14-8-18(22)20(10-14)9-13-3-4-16-17(7-13)27-12-26-16/h3-4,7,14-15H,2,5-6,8-12H2,1H3. The summed E-state index contributed by atoms with van der Waals surface area (Å²) in [6, 6.07) is 5.28. The molecule has 0 spiro atoms. The van der Waals surface area contributed by atoms with Crippen molar-refractivity contribution in [1.82, 2.24) is 9.80 Å².